The number of nitrogens with zero attached hydrogens (tertiary/aromatic N) is 1. The molecule has 2 nitrogen and oxygen atoms in total. The molecule has 1 aliphatic heterocycles. The van der Waals surface area contributed by atoms with Gasteiger partial charge in [-0.05, 0) is 106 Å². The van der Waals surface area contributed by atoms with Crippen LogP contribution in [0.15, 0.2) is 139 Å². The molecule has 0 saturated carbocycles. The molecule has 2 heterocycles. The summed E-state index contributed by atoms with van der Waals surface area (Å²) in [6.07, 6.45) is 13.1. The first-order valence-electron chi connectivity index (χ1n) is 17.9. The van der Waals surface area contributed by atoms with Crippen LogP contribution in [0.5, 0.6) is 5.75 Å². The van der Waals surface area contributed by atoms with Crippen molar-refractivity contribution < 1.29 is 4.74 Å². The van der Waals surface area contributed by atoms with E-state index in [4.69, 9.17) is 4.74 Å². The van der Waals surface area contributed by atoms with E-state index in [1.165, 1.54) is 96.0 Å². The second kappa shape index (κ2) is 9.86. The molecule has 2 heteroatoms. The van der Waals surface area contributed by atoms with Gasteiger partial charge in [-0.3, -0.25) is 0 Å². The number of aromatic nitrogens is 1. The fraction of sp³-hybridized carbons (Fsp3) is 0.191. The molecule has 1 aromatic heterocycles. The van der Waals surface area contributed by atoms with Crippen LogP contribution < -0.4 is 4.74 Å². The molecule has 49 heavy (non-hydrogen) atoms. The molecule has 5 aliphatic rings. The molecule has 0 N–H and O–H groups in total. The Morgan fingerprint density at radius 2 is 1.59 bits per heavy atom. The van der Waals surface area contributed by atoms with E-state index in [2.05, 4.69) is 152 Å². The van der Waals surface area contributed by atoms with Crippen molar-refractivity contribution in [1.82, 2.24) is 4.57 Å². The van der Waals surface area contributed by atoms with Crippen LogP contribution >= 0.6 is 0 Å². The highest BCUT2D eigenvalue weighted by Gasteiger charge is 2.47. The Morgan fingerprint density at radius 1 is 0.755 bits per heavy atom. The van der Waals surface area contributed by atoms with E-state index in [1.807, 2.05) is 0 Å². The van der Waals surface area contributed by atoms with Crippen LogP contribution in [-0.2, 0) is 11.8 Å². The van der Waals surface area contributed by atoms with E-state index >= 15 is 0 Å². The summed E-state index contributed by atoms with van der Waals surface area (Å²) >= 11 is 0. The number of fused-ring (bicyclic) bond motifs is 12. The van der Waals surface area contributed by atoms with Gasteiger partial charge in [-0.2, -0.15) is 0 Å². The molecule has 5 aromatic carbocycles. The molecular formula is C47H37NO. The van der Waals surface area contributed by atoms with Crippen molar-refractivity contribution in [3.63, 3.8) is 0 Å². The largest absolute Gasteiger partial charge is 0.484 e. The van der Waals surface area contributed by atoms with Crippen LogP contribution in [0, 0.1) is 5.92 Å². The predicted molar refractivity (Wildman–Crippen MR) is 202 cm³/mol. The molecule has 3 unspecified atom stereocenters. The van der Waals surface area contributed by atoms with E-state index in [-0.39, 0.29) is 17.4 Å². The molecule has 6 aromatic rings. The Hall–Kier alpha value is -5.34. The first kappa shape index (κ1) is 27.6. The maximum absolute atomic E-state index is 6.68. The predicted octanol–water partition coefficient (Wildman–Crippen LogP) is 11.4. The fourth-order valence-electron chi connectivity index (χ4n) is 9.89. The lowest BCUT2D eigenvalue weighted by Gasteiger charge is -2.31. The van der Waals surface area contributed by atoms with Gasteiger partial charge in [-0.1, -0.05) is 111 Å². The number of allylic oxidation sites excluding steroid dienone is 6. The molecule has 236 valence electrons. The summed E-state index contributed by atoms with van der Waals surface area (Å²) < 4.78 is 9.16. The average molecular weight is 632 g/mol. The van der Waals surface area contributed by atoms with Crippen molar-refractivity contribution >= 4 is 38.5 Å². The van der Waals surface area contributed by atoms with Crippen molar-refractivity contribution in [1.29, 1.82) is 0 Å². The van der Waals surface area contributed by atoms with Gasteiger partial charge in [0, 0.05) is 38.9 Å². The maximum atomic E-state index is 6.68. The lowest BCUT2D eigenvalue weighted by atomic mass is 9.73. The molecule has 0 radical (unpaired) electrons. The monoisotopic (exact) mass is 631 g/mol. The van der Waals surface area contributed by atoms with Gasteiger partial charge < -0.3 is 9.30 Å². The minimum atomic E-state index is -0.119. The average Bonchev–Trinajstić information content (AvgIpc) is 3.76. The first-order chi connectivity index (χ1) is 24.0. The third-order valence-corrected chi connectivity index (χ3v) is 12.3. The summed E-state index contributed by atoms with van der Waals surface area (Å²) in [6.45, 7) is 4.76. The second-order valence-electron chi connectivity index (χ2n) is 15.1. The molecule has 0 amide bonds. The summed E-state index contributed by atoms with van der Waals surface area (Å²) in [7, 11) is 0. The van der Waals surface area contributed by atoms with Crippen molar-refractivity contribution in [3.05, 3.63) is 172 Å². The van der Waals surface area contributed by atoms with Gasteiger partial charge in [-0.25, -0.2) is 0 Å². The molecule has 3 atom stereocenters. The van der Waals surface area contributed by atoms with Gasteiger partial charge in [0.05, 0.1) is 11.0 Å². The summed E-state index contributed by atoms with van der Waals surface area (Å²) in [5, 5.41) is 2.62. The van der Waals surface area contributed by atoms with Crippen LogP contribution in [-0.4, -0.2) is 10.7 Å². The number of hydrogen-bond donors (Lipinski definition) is 0. The van der Waals surface area contributed by atoms with Gasteiger partial charge in [0.25, 0.3) is 0 Å². The summed E-state index contributed by atoms with van der Waals surface area (Å²) in [5.41, 5.74) is 17.6. The normalized spacial score (nSPS) is 22.4. The molecule has 11 rings (SSSR count). The van der Waals surface area contributed by atoms with Crippen molar-refractivity contribution in [3.8, 4) is 11.4 Å². The van der Waals surface area contributed by atoms with Crippen LogP contribution in [0.2, 0.25) is 0 Å². The van der Waals surface area contributed by atoms with Gasteiger partial charge in [-0.15, -0.1) is 0 Å². The topological polar surface area (TPSA) is 14.2 Å². The van der Waals surface area contributed by atoms with Gasteiger partial charge in [0.15, 0.2) is 0 Å². The maximum Gasteiger partial charge on any atom is 0.135 e. The molecule has 0 bridgehead atoms. The zero-order chi connectivity index (χ0) is 32.4. The van der Waals surface area contributed by atoms with E-state index in [1.54, 1.807) is 0 Å². The SMILES string of the molecule is CC1(C)C2=C(c3ccc(-n4c5ccccc5c5cc(C6=CC=C7c8ccccc8CCC7C6)ccc54)cc31)C1Oc3ccccc3C1C=C2. The molecule has 4 aliphatic carbocycles. The van der Waals surface area contributed by atoms with E-state index in [9.17, 15) is 0 Å². The zero-order valence-electron chi connectivity index (χ0n) is 27.9. The lowest BCUT2D eigenvalue weighted by molar-refractivity contribution is 0.277. The van der Waals surface area contributed by atoms with Crippen molar-refractivity contribution in [2.45, 2.75) is 50.5 Å². The smallest absolute Gasteiger partial charge is 0.135 e. The summed E-state index contributed by atoms with van der Waals surface area (Å²) in [6, 6.07) is 40.8. The quantitative estimate of drug-likeness (QED) is 0.185. The highest BCUT2D eigenvalue weighted by molar-refractivity contribution is 6.10. The molecule has 0 saturated heterocycles. The molecule has 0 fully saturated rings. The Labute approximate surface area is 287 Å². The number of benzene rings is 5. The first-order valence-corrected chi connectivity index (χ1v) is 17.9. The lowest BCUT2D eigenvalue weighted by Crippen LogP contribution is -2.24. The highest BCUT2D eigenvalue weighted by atomic mass is 16.5. The number of ether oxygens (including phenoxy) is 1. The fourth-order valence-corrected chi connectivity index (χ4v) is 9.89. The van der Waals surface area contributed by atoms with E-state index in [0.29, 0.717) is 5.92 Å². The third-order valence-electron chi connectivity index (χ3n) is 12.3. The Bertz CT molecular complexity index is 2550. The van der Waals surface area contributed by atoms with Crippen LogP contribution in [0.3, 0.4) is 0 Å². The standard InChI is InChI=1S/C47H37NO/c1-47(2)40-23-22-37-36-12-6-8-14-44(36)49-46(37)45(40)38-21-19-32(27-41(38)47)48-42-13-7-5-11-35(42)39-26-30(18-24-43(39)48)29-17-20-34-31(25-29)16-15-28-9-3-4-10-33(28)34/h3-14,17-24,26-27,31,37,46H,15-16,25H2,1-2H3. The van der Waals surface area contributed by atoms with Gasteiger partial charge >= 0.3 is 0 Å². The number of aryl methyl sites for hydroxylation is 1. The van der Waals surface area contributed by atoms with Crippen molar-refractivity contribution in [2.75, 3.05) is 0 Å². The zero-order valence-corrected chi connectivity index (χ0v) is 27.9. The highest BCUT2D eigenvalue weighted by Crippen LogP contribution is 2.56. The van der Waals surface area contributed by atoms with Crippen LogP contribution in [0.4, 0.5) is 0 Å². The Morgan fingerprint density at radius 3 is 2.55 bits per heavy atom. The summed E-state index contributed by atoms with van der Waals surface area (Å²) in [4.78, 5) is 0. The minimum absolute atomic E-state index is 0.0267. The van der Waals surface area contributed by atoms with E-state index < -0.39 is 0 Å². The van der Waals surface area contributed by atoms with Crippen LogP contribution in [0.1, 0.15) is 66.0 Å². The van der Waals surface area contributed by atoms with Gasteiger partial charge in [0.1, 0.15) is 11.9 Å². The Kier molecular flexibility index (Phi) is 5.55. The van der Waals surface area contributed by atoms with Gasteiger partial charge in [0.2, 0.25) is 0 Å². The number of rotatable bonds is 2. The Balaban J connectivity index is 1.01. The molecular weight excluding hydrogens is 595 g/mol. The van der Waals surface area contributed by atoms with Crippen molar-refractivity contribution in [2.24, 2.45) is 5.92 Å². The summed E-state index contributed by atoms with van der Waals surface area (Å²) in [5.74, 6) is 1.88. The third kappa shape index (κ3) is 3.78. The molecule has 0 spiro atoms. The van der Waals surface area contributed by atoms with Crippen LogP contribution in [0.25, 0.3) is 44.2 Å². The minimum Gasteiger partial charge on any atom is -0.484 e. The number of hydrogen-bond acceptors (Lipinski definition) is 1. The second-order valence-corrected chi connectivity index (χ2v) is 15.1. The van der Waals surface area contributed by atoms with E-state index in [0.717, 1.165) is 12.2 Å². The number of para-hydroxylation sites is 2.